The third kappa shape index (κ3) is 3.71. The third-order valence-electron chi connectivity index (χ3n) is 4.06. The lowest BCUT2D eigenvalue weighted by Gasteiger charge is -2.36. The van der Waals surface area contributed by atoms with Crippen LogP contribution in [0.5, 0.6) is 0 Å². The molecular formula is C17H18N2O5S. The van der Waals surface area contributed by atoms with Gasteiger partial charge in [-0.2, -0.15) is 4.31 Å². The zero-order chi connectivity index (χ0) is 18.0. The van der Waals surface area contributed by atoms with Crippen LogP contribution < -0.4 is 0 Å². The van der Waals surface area contributed by atoms with Gasteiger partial charge in [0.2, 0.25) is 10.0 Å². The number of nitro groups is 1. The SMILES string of the molecule is CC1CN(S(=O)(=O)c2cccc([N+](=O)[O-])c2)CC(c2ccccc2)O1. The Morgan fingerprint density at radius 1 is 1.12 bits per heavy atom. The van der Waals surface area contributed by atoms with Gasteiger partial charge in [0.05, 0.1) is 22.0 Å². The molecule has 8 heteroatoms. The first kappa shape index (κ1) is 17.5. The molecule has 1 aliphatic rings. The Morgan fingerprint density at radius 2 is 1.84 bits per heavy atom. The first-order valence-electron chi connectivity index (χ1n) is 7.83. The molecule has 0 bridgehead atoms. The first-order chi connectivity index (χ1) is 11.9. The summed E-state index contributed by atoms with van der Waals surface area (Å²) in [5.74, 6) is 0. The van der Waals surface area contributed by atoms with Crippen LogP contribution in [0.25, 0.3) is 0 Å². The van der Waals surface area contributed by atoms with E-state index in [1.165, 1.54) is 22.5 Å². The van der Waals surface area contributed by atoms with Crippen LogP contribution in [0.4, 0.5) is 5.69 Å². The number of hydrogen-bond donors (Lipinski definition) is 0. The zero-order valence-electron chi connectivity index (χ0n) is 13.6. The quantitative estimate of drug-likeness (QED) is 0.616. The highest BCUT2D eigenvalue weighted by Gasteiger charge is 2.35. The number of rotatable bonds is 4. The van der Waals surface area contributed by atoms with Gasteiger partial charge in [0.15, 0.2) is 0 Å². The van der Waals surface area contributed by atoms with Gasteiger partial charge in [0.1, 0.15) is 0 Å². The van der Waals surface area contributed by atoms with Crippen molar-refractivity contribution in [3.8, 4) is 0 Å². The van der Waals surface area contributed by atoms with Gasteiger partial charge in [-0.15, -0.1) is 0 Å². The maximum absolute atomic E-state index is 12.9. The van der Waals surface area contributed by atoms with Gasteiger partial charge in [0.25, 0.3) is 5.69 Å². The Balaban J connectivity index is 1.91. The van der Waals surface area contributed by atoms with Crippen LogP contribution in [0.2, 0.25) is 0 Å². The van der Waals surface area contributed by atoms with Crippen LogP contribution in [0, 0.1) is 10.1 Å². The second-order valence-electron chi connectivity index (χ2n) is 5.92. The molecule has 0 radical (unpaired) electrons. The summed E-state index contributed by atoms with van der Waals surface area (Å²) in [5.41, 5.74) is 0.648. The van der Waals surface area contributed by atoms with Crippen molar-refractivity contribution >= 4 is 15.7 Å². The molecule has 0 amide bonds. The fourth-order valence-electron chi connectivity index (χ4n) is 2.87. The average molecular weight is 362 g/mol. The fourth-order valence-corrected chi connectivity index (χ4v) is 4.42. The normalized spacial score (nSPS) is 21.8. The molecule has 3 rings (SSSR count). The molecule has 2 aromatic rings. The van der Waals surface area contributed by atoms with E-state index in [-0.39, 0.29) is 35.9 Å². The standard InChI is InChI=1S/C17H18N2O5S/c1-13-11-18(12-17(24-13)14-6-3-2-4-7-14)25(22,23)16-9-5-8-15(10-16)19(20)21/h2-10,13,17H,11-12H2,1H3. The highest BCUT2D eigenvalue weighted by molar-refractivity contribution is 7.89. The summed E-state index contributed by atoms with van der Waals surface area (Å²) in [6, 6.07) is 14.5. The van der Waals surface area contributed by atoms with Crippen LogP contribution in [0.1, 0.15) is 18.6 Å². The predicted molar refractivity (Wildman–Crippen MR) is 91.6 cm³/mol. The monoisotopic (exact) mass is 362 g/mol. The summed E-state index contributed by atoms with van der Waals surface area (Å²) in [6.07, 6.45) is -0.661. The number of nitrogens with zero attached hydrogens (tertiary/aromatic N) is 2. The van der Waals surface area contributed by atoms with Crippen molar-refractivity contribution in [2.75, 3.05) is 13.1 Å². The van der Waals surface area contributed by atoms with Crippen LogP contribution in [0.3, 0.4) is 0 Å². The van der Waals surface area contributed by atoms with Crippen LogP contribution in [-0.2, 0) is 14.8 Å². The van der Waals surface area contributed by atoms with Crippen molar-refractivity contribution in [2.45, 2.75) is 24.0 Å². The number of sulfonamides is 1. The Hall–Kier alpha value is -2.29. The van der Waals surface area contributed by atoms with E-state index < -0.39 is 14.9 Å². The Bertz CT molecular complexity index is 870. The Kier molecular flexibility index (Phi) is 4.85. The molecule has 132 valence electrons. The van der Waals surface area contributed by atoms with E-state index in [4.69, 9.17) is 4.74 Å². The Labute approximate surface area is 146 Å². The second kappa shape index (κ2) is 6.91. The number of non-ortho nitro benzene ring substituents is 1. The maximum atomic E-state index is 12.9. The minimum atomic E-state index is -3.84. The minimum Gasteiger partial charge on any atom is -0.368 e. The van der Waals surface area contributed by atoms with Gasteiger partial charge in [-0.05, 0) is 18.6 Å². The number of hydrogen-bond acceptors (Lipinski definition) is 5. The van der Waals surface area contributed by atoms with Crippen LogP contribution >= 0.6 is 0 Å². The molecular weight excluding hydrogens is 344 g/mol. The zero-order valence-corrected chi connectivity index (χ0v) is 14.4. The van der Waals surface area contributed by atoms with Gasteiger partial charge < -0.3 is 4.74 Å². The van der Waals surface area contributed by atoms with E-state index in [9.17, 15) is 18.5 Å². The maximum Gasteiger partial charge on any atom is 0.270 e. The Morgan fingerprint density at radius 3 is 2.52 bits per heavy atom. The van der Waals surface area contributed by atoms with E-state index >= 15 is 0 Å². The van der Waals surface area contributed by atoms with Crippen molar-refractivity contribution in [2.24, 2.45) is 0 Å². The average Bonchev–Trinajstić information content (AvgIpc) is 2.62. The van der Waals surface area contributed by atoms with Crippen molar-refractivity contribution in [3.05, 3.63) is 70.3 Å². The smallest absolute Gasteiger partial charge is 0.270 e. The van der Waals surface area contributed by atoms with Crippen molar-refractivity contribution in [3.63, 3.8) is 0 Å². The molecule has 2 unspecified atom stereocenters. The van der Waals surface area contributed by atoms with Crippen molar-refractivity contribution in [1.82, 2.24) is 4.31 Å². The molecule has 0 saturated carbocycles. The molecule has 2 atom stereocenters. The summed E-state index contributed by atoms with van der Waals surface area (Å²) in [7, 11) is -3.84. The summed E-state index contributed by atoms with van der Waals surface area (Å²) in [5, 5.41) is 10.9. The van der Waals surface area contributed by atoms with Crippen molar-refractivity contribution in [1.29, 1.82) is 0 Å². The molecule has 0 N–H and O–H groups in total. The molecule has 25 heavy (non-hydrogen) atoms. The van der Waals surface area contributed by atoms with E-state index in [2.05, 4.69) is 0 Å². The summed E-state index contributed by atoms with van der Waals surface area (Å²) < 4.78 is 33.1. The lowest BCUT2D eigenvalue weighted by molar-refractivity contribution is -0.385. The molecule has 1 aliphatic heterocycles. The highest BCUT2D eigenvalue weighted by atomic mass is 32.2. The van der Waals surface area contributed by atoms with Crippen molar-refractivity contribution < 1.29 is 18.1 Å². The third-order valence-corrected chi connectivity index (χ3v) is 5.89. The summed E-state index contributed by atoms with van der Waals surface area (Å²) >= 11 is 0. The molecule has 7 nitrogen and oxygen atoms in total. The number of nitro benzene ring substituents is 1. The molecule has 0 spiro atoms. The summed E-state index contributed by atoms with van der Waals surface area (Å²) in [6.45, 7) is 2.18. The van der Waals surface area contributed by atoms with Gasteiger partial charge >= 0.3 is 0 Å². The van der Waals surface area contributed by atoms with Gasteiger partial charge in [-0.1, -0.05) is 36.4 Å². The number of ether oxygens (including phenoxy) is 1. The topological polar surface area (TPSA) is 89.8 Å². The van der Waals surface area contributed by atoms with E-state index in [0.717, 1.165) is 11.6 Å². The number of benzene rings is 2. The molecule has 0 aliphatic carbocycles. The molecule has 1 fully saturated rings. The largest absolute Gasteiger partial charge is 0.368 e. The molecule has 2 aromatic carbocycles. The van der Waals surface area contributed by atoms with E-state index in [0.29, 0.717) is 0 Å². The minimum absolute atomic E-state index is 0.0809. The highest BCUT2D eigenvalue weighted by Crippen LogP contribution is 2.29. The van der Waals surface area contributed by atoms with Gasteiger partial charge in [-0.3, -0.25) is 10.1 Å². The van der Waals surface area contributed by atoms with E-state index in [1.54, 1.807) is 0 Å². The lowest BCUT2D eigenvalue weighted by Crippen LogP contribution is -2.45. The van der Waals surface area contributed by atoms with Gasteiger partial charge in [0, 0.05) is 25.2 Å². The lowest BCUT2D eigenvalue weighted by atomic mass is 10.1. The van der Waals surface area contributed by atoms with Crippen LogP contribution in [0.15, 0.2) is 59.5 Å². The summed E-state index contributed by atoms with van der Waals surface area (Å²) in [4.78, 5) is 10.2. The van der Waals surface area contributed by atoms with Crippen LogP contribution in [-0.4, -0.2) is 36.8 Å². The number of morpholine rings is 1. The van der Waals surface area contributed by atoms with E-state index in [1.807, 2.05) is 37.3 Å². The van der Waals surface area contributed by atoms with Gasteiger partial charge in [-0.25, -0.2) is 8.42 Å². The fraction of sp³-hybridized carbons (Fsp3) is 0.294. The molecule has 1 saturated heterocycles. The predicted octanol–water partition coefficient (Wildman–Crippen LogP) is 2.75. The molecule has 0 aromatic heterocycles. The second-order valence-corrected chi connectivity index (χ2v) is 7.86. The molecule has 1 heterocycles. The first-order valence-corrected chi connectivity index (χ1v) is 9.27.